The number of carbonyl (C=O) groups excluding carboxylic acids is 5. The van der Waals surface area contributed by atoms with Gasteiger partial charge >= 0.3 is 0 Å². The average Bonchev–Trinajstić information content (AvgIpc) is 3.07. The third kappa shape index (κ3) is 23.4. The van der Waals surface area contributed by atoms with Gasteiger partial charge in [0.2, 0.25) is 11.8 Å². The summed E-state index contributed by atoms with van der Waals surface area (Å²) in [4.78, 5) is 77.2. The minimum absolute atomic E-state index is 0.00731. The topological polar surface area (TPSA) is 150 Å². The van der Waals surface area contributed by atoms with E-state index in [0.29, 0.717) is 65.2 Å². The van der Waals surface area contributed by atoms with Crippen LogP contribution < -0.4 is 16.0 Å². The van der Waals surface area contributed by atoms with E-state index in [-0.39, 0.29) is 74.5 Å². The van der Waals surface area contributed by atoms with Crippen molar-refractivity contribution >= 4 is 38.2 Å². The first kappa shape index (κ1) is 48.9. The van der Waals surface area contributed by atoms with E-state index in [4.69, 9.17) is 4.43 Å². The summed E-state index contributed by atoms with van der Waals surface area (Å²) < 4.78 is 5.97. The molecule has 1 saturated heterocycles. The lowest BCUT2D eigenvalue weighted by atomic mass is 9.98. The largest absolute Gasteiger partial charge is 0.418 e. The van der Waals surface area contributed by atoms with Gasteiger partial charge in [-0.2, -0.15) is 0 Å². The summed E-state index contributed by atoms with van der Waals surface area (Å²) in [5, 5.41) is 9.39. The maximum absolute atomic E-state index is 14.1. The molecule has 0 aromatic rings. The molecule has 0 saturated carbocycles. The Morgan fingerprint density at radius 2 is 1.15 bits per heavy atom. The average molecular weight is 770 g/mol. The SMILES string of the molecule is CNCC(=O)CN1CCCN(CC(=O)N(C)C)CCN(CC(=O)N(C)C)CC(C(=O)CCCNCCC[SiH](C)OC(C)C)CN(CC(=O)CNC)CC1. The standard InChI is InChI=1S/C37H75N9O6Si/c1-31(2)52-53(9)22-11-15-40-14-10-13-35(49)32-25-45(28-34(48)24-39-4)20-18-43(27-33(47)23-38-3)16-12-17-44(29-36(50)41(5)6)19-21-46(26-32)30-37(51)42(7)8/h31-32,38-40,53H,10-30H2,1-9H3. The zero-order valence-corrected chi connectivity index (χ0v) is 35.9. The number of nitrogens with one attached hydrogen (secondary N) is 3. The van der Waals surface area contributed by atoms with E-state index in [1.54, 1.807) is 52.1 Å². The smallest absolute Gasteiger partial charge is 0.236 e. The molecule has 1 fully saturated rings. The van der Waals surface area contributed by atoms with Gasteiger partial charge in [-0.1, -0.05) is 0 Å². The first-order chi connectivity index (χ1) is 25.1. The fraction of sp³-hybridized carbons (Fsp3) is 0.865. The van der Waals surface area contributed by atoms with Crippen molar-refractivity contribution in [1.29, 1.82) is 0 Å². The molecular weight excluding hydrogens is 695 g/mol. The highest BCUT2D eigenvalue weighted by atomic mass is 28.3. The Kier molecular flexibility index (Phi) is 26.1. The number of Topliss-reactive ketones (excluding diaryl/α,β-unsaturated/α-hetero) is 3. The van der Waals surface area contributed by atoms with Crippen molar-refractivity contribution in [3.8, 4) is 0 Å². The van der Waals surface area contributed by atoms with Crippen LogP contribution >= 0.6 is 0 Å². The highest BCUT2D eigenvalue weighted by molar-refractivity contribution is 6.50. The second-order valence-electron chi connectivity index (χ2n) is 15.2. The first-order valence-corrected chi connectivity index (χ1v) is 22.1. The summed E-state index contributed by atoms with van der Waals surface area (Å²) in [5.74, 6) is -0.289. The summed E-state index contributed by atoms with van der Waals surface area (Å²) >= 11 is 0. The molecule has 0 aromatic carbocycles. The number of hydrogen-bond donors (Lipinski definition) is 3. The second-order valence-corrected chi connectivity index (χ2v) is 17.7. The maximum atomic E-state index is 14.1. The molecule has 0 bridgehead atoms. The molecule has 0 aromatic heterocycles. The number of rotatable bonds is 23. The van der Waals surface area contributed by atoms with Gasteiger partial charge in [0.25, 0.3) is 0 Å². The monoisotopic (exact) mass is 770 g/mol. The Bertz CT molecular complexity index is 1080. The van der Waals surface area contributed by atoms with E-state index in [1.165, 1.54) is 0 Å². The number of nitrogens with zero attached hydrogens (tertiary/aromatic N) is 6. The van der Waals surface area contributed by atoms with Crippen LogP contribution in [0.4, 0.5) is 0 Å². The predicted octanol–water partition coefficient (Wildman–Crippen LogP) is -0.925. The fourth-order valence-electron chi connectivity index (χ4n) is 6.41. The van der Waals surface area contributed by atoms with Gasteiger partial charge in [-0.3, -0.25) is 43.6 Å². The Morgan fingerprint density at radius 3 is 1.66 bits per heavy atom. The highest BCUT2D eigenvalue weighted by Crippen LogP contribution is 2.13. The van der Waals surface area contributed by atoms with Gasteiger partial charge in [0.15, 0.2) is 20.6 Å². The molecule has 0 spiro atoms. The molecule has 1 heterocycles. The summed E-state index contributed by atoms with van der Waals surface area (Å²) in [7, 11) is 9.28. The van der Waals surface area contributed by atoms with Crippen LogP contribution in [0, 0.1) is 5.92 Å². The lowest BCUT2D eigenvalue weighted by Gasteiger charge is -2.34. The summed E-state index contributed by atoms with van der Waals surface area (Å²) in [5.41, 5.74) is 0. The van der Waals surface area contributed by atoms with Crippen LogP contribution in [0.5, 0.6) is 0 Å². The number of hydrogen-bond acceptors (Lipinski definition) is 13. The Morgan fingerprint density at radius 1 is 0.698 bits per heavy atom. The quantitative estimate of drug-likeness (QED) is 0.0870. The molecule has 16 heteroatoms. The predicted molar refractivity (Wildman–Crippen MR) is 215 cm³/mol. The molecule has 53 heavy (non-hydrogen) atoms. The Balaban J connectivity index is 3.31. The highest BCUT2D eigenvalue weighted by Gasteiger charge is 2.28. The van der Waals surface area contributed by atoms with Crippen LogP contribution in [0.15, 0.2) is 0 Å². The van der Waals surface area contributed by atoms with E-state index >= 15 is 0 Å². The van der Waals surface area contributed by atoms with Crippen LogP contribution in [0.25, 0.3) is 0 Å². The molecule has 0 radical (unpaired) electrons. The van der Waals surface area contributed by atoms with Crippen LogP contribution in [0.2, 0.25) is 12.6 Å². The number of carbonyl (C=O) groups is 5. The van der Waals surface area contributed by atoms with E-state index in [9.17, 15) is 24.0 Å². The molecule has 0 aliphatic carbocycles. The summed E-state index contributed by atoms with van der Waals surface area (Å²) in [6.45, 7) is 13.5. The van der Waals surface area contributed by atoms with Crippen molar-refractivity contribution < 1.29 is 28.4 Å². The molecular formula is C37H75N9O6Si. The van der Waals surface area contributed by atoms with Gasteiger partial charge in [0.05, 0.1) is 39.3 Å². The van der Waals surface area contributed by atoms with Crippen LogP contribution in [-0.4, -0.2) is 221 Å². The van der Waals surface area contributed by atoms with E-state index in [0.717, 1.165) is 32.0 Å². The van der Waals surface area contributed by atoms with Crippen molar-refractivity contribution in [3.63, 3.8) is 0 Å². The molecule has 2 amide bonds. The third-order valence-electron chi connectivity index (χ3n) is 9.33. The van der Waals surface area contributed by atoms with Gasteiger partial charge < -0.3 is 30.2 Å². The van der Waals surface area contributed by atoms with Gasteiger partial charge in [0.1, 0.15) is 5.78 Å². The van der Waals surface area contributed by atoms with E-state index in [2.05, 4.69) is 51.0 Å². The molecule has 3 N–H and O–H groups in total. The number of likely N-dealkylation sites (N-methyl/N-ethyl adjacent to an activating group) is 4. The van der Waals surface area contributed by atoms with Gasteiger partial charge in [0, 0.05) is 85.9 Å². The second kappa shape index (κ2) is 28.3. The van der Waals surface area contributed by atoms with E-state index < -0.39 is 15.0 Å². The maximum Gasteiger partial charge on any atom is 0.236 e. The lowest BCUT2D eigenvalue weighted by molar-refractivity contribution is -0.132. The van der Waals surface area contributed by atoms with E-state index in [1.807, 2.05) is 4.90 Å². The van der Waals surface area contributed by atoms with Crippen LogP contribution in [0.1, 0.15) is 39.5 Å². The molecule has 1 aliphatic rings. The number of ketones is 3. The zero-order valence-electron chi connectivity index (χ0n) is 34.7. The molecule has 1 aliphatic heterocycles. The van der Waals surface area contributed by atoms with Crippen molar-refractivity contribution in [2.75, 3.05) is 147 Å². The Labute approximate surface area is 322 Å². The minimum Gasteiger partial charge on any atom is -0.418 e. The third-order valence-corrected chi connectivity index (χ3v) is 11.6. The van der Waals surface area contributed by atoms with Crippen LogP contribution in [-0.2, 0) is 28.4 Å². The normalized spacial score (nSPS) is 18.4. The van der Waals surface area contributed by atoms with Crippen molar-refractivity contribution in [3.05, 3.63) is 0 Å². The Hall–Kier alpha value is -2.15. The van der Waals surface area contributed by atoms with Gasteiger partial charge in [-0.05, 0) is 86.0 Å². The molecule has 308 valence electrons. The van der Waals surface area contributed by atoms with Gasteiger partial charge in [-0.15, -0.1) is 0 Å². The van der Waals surface area contributed by atoms with Crippen molar-refractivity contribution in [2.24, 2.45) is 5.92 Å². The molecule has 15 nitrogen and oxygen atoms in total. The minimum atomic E-state index is -1.16. The molecule has 2 atom stereocenters. The summed E-state index contributed by atoms with van der Waals surface area (Å²) in [6.07, 6.45) is 3.15. The van der Waals surface area contributed by atoms with Crippen molar-refractivity contribution in [2.45, 2.75) is 58.2 Å². The molecule has 2 unspecified atom stereocenters. The first-order valence-electron chi connectivity index (χ1n) is 19.7. The molecule has 1 rings (SSSR count). The number of amides is 2. The van der Waals surface area contributed by atoms with Gasteiger partial charge in [-0.25, -0.2) is 0 Å². The summed E-state index contributed by atoms with van der Waals surface area (Å²) in [6, 6.07) is 1.11. The zero-order chi connectivity index (χ0) is 39.8. The fourth-order valence-corrected chi connectivity index (χ4v) is 8.26. The lowest BCUT2D eigenvalue weighted by Crippen LogP contribution is -2.50. The van der Waals surface area contributed by atoms with Crippen molar-refractivity contribution in [1.82, 2.24) is 45.3 Å². The van der Waals surface area contributed by atoms with Crippen LogP contribution in [0.3, 0.4) is 0 Å².